The minimum atomic E-state index is -0.484. The number of rotatable bonds is 5. The van der Waals surface area contributed by atoms with Gasteiger partial charge in [0.25, 0.3) is 0 Å². The molecule has 2 aliphatic rings. The molecule has 0 spiro atoms. The molecule has 7 nitrogen and oxygen atoms in total. The van der Waals surface area contributed by atoms with E-state index < -0.39 is 12.0 Å². The number of carbonyl (C=O) groups excluding carboxylic acids is 3. The van der Waals surface area contributed by atoms with E-state index in [9.17, 15) is 14.4 Å². The van der Waals surface area contributed by atoms with Gasteiger partial charge in [0.05, 0.1) is 31.9 Å². The first-order chi connectivity index (χ1) is 12.0. The van der Waals surface area contributed by atoms with Gasteiger partial charge in [0.15, 0.2) is 0 Å². The average molecular weight is 364 g/mol. The number of nitrogens with one attached hydrogen (secondary N) is 1. The average Bonchev–Trinajstić information content (AvgIpc) is 3.20. The lowest BCUT2D eigenvalue weighted by Crippen LogP contribution is -2.41. The summed E-state index contributed by atoms with van der Waals surface area (Å²) in [7, 11) is 3.07. The number of anilines is 1. The van der Waals surface area contributed by atoms with Gasteiger partial charge in [-0.25, -0.2) is 0 Å². The number of ether oxygens (including phenoxy) is 2. The number of hydrogen-bond acceptors (Lipinski definition) is 6. The molecule has 1 aromatic rings. The fourth-order valence-electron chi connectivity index (χ4n) is 3.04. The van der Waals surface area contributed by atoms with Crippen LogP contribution in [-0.2, 0) is 14.4 Å². The standard InChI is InChI=1S/C17H20N2O5S/c1-23-11-3-4-14(24-2)13(8-11)19-9-10(7-15(19)20)16(21)18-12-5-6-25-17(12)22/h3-4,8,10,12H,5-7,9H2,1-2H3,(H,18,21)/t10-,12-/m0/s1. The van der Waals surface area contributed by atoms with Gasteiger partial charge < -0.3 is 19.7 Å². The van der Waals surface area contributed by atoms with Crippen LogP contribution in [0.3, 0.4) is 0 Å². The van der Waals surface area contributed by atoms with Crippen molar-refractivity contribution in [2.45, 2.75) is 18.9 Å². The maximum atomic E-state index is 12.4. The van der Waals surface area contributed by atoms with Crippen LogP contribution in [0.4, 0.5) is 5.69 Å². The number of benzene rings is 1. The van der Waals surface area contributed by atoms with Crippen molar-refractivity contribution in [3.05, 3.63) is 18.2 Å². The monoisotopic (exact) mass is 364 g/mol. The summed E-state index contributed by atoms with van der Waals surface area (Å²) in [6.07, 6.45) is 0.754. The number of thioether (sulfide) groups is 1. The Labute approximate surface area is 150 Å². The van der Waals surface area contributed by atoms with Gasteiger partial charge in [0.2, 0.25) is 16.9 Å². The molecule has 0 bridgehead atoms. The molecule has 25 heavy (non-hydrogen) atoms. The first kappa shape index (κ1) is 17.6. The predicted molar refractivity (Wildman–Crippen MR) is 94.0 cm³/mol. The Hall–Kier alpha value is -2.22. The van der Waals surface area contributed by atoms with Gasteiger partial charge >= 0.3 is 0 Å². The van der Waals surface area contributed by atoms with E-state index in [-0.39, 0.29) is 29.9 Å². The minimum absolute atomic E-state index is 0.0102. The van der Waals surface area contributed by atoms with Crippen molar-refractivity contribution in [1.82, 2.24) is 5.32 Å². The van der Waals surface area contributed by atoms with Crippen molar-refractivity contribution < 1.29 is 23.9 Å². The predicted octanol–water partition coefficient (Wildman–Crippen LogP) is 1.20. The SMILES string of the molecule is COc1ccc(OC)c(N2C[C@@H](C(=O)N[C@H]3CCSC3=O)CC2=O)c1. The Kier molecular flexibility index (Phi) is 5.17. The molecule has 134 valence electrons. The van der Waals surface area contributed by atoms with Crippen LogP contribution in [0, 0.1) is 5.92 Å². The van der Waals surface area contributed by atoms with E-state index in [0.29, 0.717) is 23.6 Å². The Morgan fingerprint density at radius 3 is 2.72 bits per heavy atom. The molecule has 1 aromatic carbocycles. The summed E-state index contributed by atoms with van der Waals surface area (Å²) < 4.78 is 10.5. The molecular weight excluding hydrogens is 344 g/mol. The smallest absolute Gasteiger partial charge is 0.227 e. The van der Waals surface area contributed by atoms with Crippen molar-refractivity contribution in [1.29, 1.82) is 0 Å². The third-order valence-corrected chi connectivity index (χ3v) is 5.43. The first-order valence-corrected chi connectivity index (χ1v) is 9.01. The highest BCUT2D eigenvalue weighted by Gasteiger charge is 2.38. The lowest BCUT2D eigenvalue weighted by atomic mass is 10.1. The summed E-state index contributed by atoms with van der Waals surface area (Å²) in [5.41, 5.74) is 0.578. The molecular formula is C17H20N2O5S. The normalized spacial score (nSPS) is 23.0. The largest absolute Gasteiger partial charge is 0.497 e. The lowest BCUT2D eigenvalue weighted by Gasteiger charge is -2.20. The highest BCUT2D eigenvalue weighted by molar-refractivity contribution is 8.14. The summed E-state index contributed by atoms with van der Waals surface area (Å²) >= 11 is 1.24. The zero-order chi connectivity index (χ0) is 18.0. The van der Waals surface area contributed by atoms with Crippen molar-refractivity contribution >= 4 is 34.4 Å². The minimum Gasteiger partial charge on any atom is -0.497 e. The number of carbonyl (C=O) groups is 3. The molecule has 0 aliphatic carbocycles. The molecule has 0 radical (unpaired) electrons. The quantitative estimate of drug-likeness (QED) is 0.845. The van der Waals surface area contributed by atoms with Crippen molar-refractivity contribution in [2.75, 3.05) is 31.4 Å². The second-order valence-corrected chi connectivity index (χ2v) is 7.06. The van der Waals surface area contributed by atoms with Crippen LogP contribution < -0.4 is 19.7 Å². The van der Waals surface area contributed by atoms with E-state index in [1.54, 1.807) is 25.3 Å². The fraction of sp³-hybridized carbons (Fsp3) is 0.471. The molecule has 2 saturated heterocycles. The molecule has 0 saturated carbocycles. The van der Waals surface area contributed by atoms with Gasteiger partial charge in [-0.2, -0.15) is 0 Å². The summed E-state index contributed by atoms with van der Waals surface area (Å²) in [6, 6.07) is 4.75. The second kappa shape index (κ2) is 7.35. The molecule has 2 fully saturated rings. The topological polar surface area (TPSA) is 84.9 Å². The van der Waals surface area contributed by atoms with E-state index in [0.717, 1.165) is 5.75 Å². The van der Waals surface area contributed by atoms with Crippen LogP contribution >= 0.6 is 11.8 Å². The third kappa shape index (κ3) is 3.58. The van der Waals surface area contributed by atoms with E-state index in [1.165, 1.54) is 23.8 Å². The number of hydrogen-bond donors (Lipinski definition) is 1. The van der Waals surface area contributed by atoms with Gasteiger partial charge in [0, 0.05) is 24.8 Å². The number of amides is 2. The third-order valence-electron chi connectivity index (χ3n) is 4.42. The molecule has 8 heteroatoms. The maximum absolute atomic E-state index is 12.4. The van der Waals surface area contributed by atoms with Gasteiger partial charge in [-0.1, -0.05) is 11.8 Å². The maximum Gasteiger partial charge on any atom is 0.227 e. The summed E-state index contributed by atoms with van der Waals surface area (Å²) in [4.78, 5) is 38.1. The molecule has 3 rings (SSSR count). The Morgan fingerprint density at radius 2 is 2.08 bits per heavy atom. The fourth-order valence-corrected chi connectivity index (χ4v) is 3.97. The summed E-state index contributed by atoms with van der Waals surface area (Å²) in [6.45, 7) is 0.252. The number of methoxy groups -OCH3 is 2. The van der Waals surface area contributed by atoms with Crippen LogP contribution in [0.1, 0.15) is 12.8 Å². The molecule has 0 unspecified atom stereocenters. The molecule has 2 aliphatic heterocycles. The molecule has 0 aromatic heterocycles. The highest BCUT2D eigenvalue weighted by Crippen LogP contribution is 2.36. The summed E-state index contributed by atoms with van der Waals surface area (Å²) in [5.74, 6) is 0.974. The van der Waals surface area contributed by atoms with Crippen molar-refractivity contribution in [3.8, 4) is 11.5 Å². The van der Waals surface area contributed by atoms with Crippen LogP contribution in [-0.4, -0.2) is 49.5 Å². The van der Waals surface area contributed by atoms with Crippen LogP contribution in [0.15, 0.2) is 18.2 Å². The molecule has 2 amide bonds. The van der Waals surface area contributed by atoms with Crippen molar-refractivity contribution in [2.24, 2.45) is 5.92 Å². The molecule has 1 N–H and O–H groups in total. The van der Waals surface area contributed by atoms with Gasteiger partial charge in [-0.3, -0.25) is 14.4 Å². The Bertz CT molecular complexity index is 708. The summed E-state index contributed by atoms with van der Waals surface area (Å²) in [5, 5.41) is 2.76. The van der Waals surface area contributed by atoms with E-state index in [4.69, 9.17) is 9.47 Å². The van der Waals surface area contributed by atoms with Gasteiger partial charge in [-0.15, -0.1) is 0 Å². The van der Waals surface area contributed by atoms with Crippen LogP contribution in [0.25, 0.3) is 0 Å². The van der Waals surface area contributed by atoms with Crippen LogP contribution in [0.5, 0.6) is 11.5 Å². The lowest BCUT2D eigenvalue weighted by molar-refractivity contribution is -0.128. The first-order valence-electron chi connectivity index (χ1n) is 8.03. The zero-order valence-electron chi connectivity index (χ0n) is 14.1. The van der Waals surface area contributed by atoms with E-state index in [1.807, 2.05) is 0 Å². The number of nitrogens with zero attached hydrogens (tertiary/aromatic N) is 1. The van der Waals surface area contributed by atoms with Gasteiger partial charge in [0.1, 0.15) is 11.5 Å². The zero-order valence-corrected chi connectivity index (χ0v) is 14.9. The van der Waals surface area contributed by atoms with E-state index >= 15 is 0 Å². The Balaban J connectivity index is 1.74. The van der Waals surface area contributed by atoms with E-state index in [2.05, 4.69) is 5.32 Å². The van der Waals surface area contributed by atoms with Gasteiger partial charge in [-0.05, 0) is 18.6 Å². The Morgan fingerprint density at radius 1 is 1.28 bits per heavy atom. The van der Waals surface area contributed by atoms with Crippen molar-refractivity contribution in [3.63, 3.8) is 0 Å². The highest BCUT2D eigenvalue weighted by atomic mass is 32.2. The molecule has 2 atom stereocenters. The second-order valence-electron chi connectivity index (χ2n) is 5.96. The van der Waals surface area contributed by atoms with Crippen LogP contribution in [0.2, 0.25) is 0 Å². The molecule has 2 heterocycles.